The average Bonchev–Trinajstić information content (AvgIpc) is 2.12. The van der Waals surface area contributed by atoms with E-state index in [-0.39, 0.29) is 34.7 Å². The first kappa shape index (κ1) is 12.8. The van der Waals surface area contributed by atoms with Crippen LogP contribution in [0.2, 0.25) is 5.02 Å². The number of ketones is 1. The van der Waals surface area contributed by atoms with Crippen molar-refractivity contribution in [1.29, 1.82) is 0 Å². The Balaban J connectivity index is 2.83. The summed E-state index contributed by atoms with van der Waals surface area (Å²) < 4.78 is 4.77. The molecule has 1 rings (SSSR count). The van der Waals surface area contributed by atoms with Crippen LogP contribution >= 0.6 is 11.6 Å². The van der Waals surface area contributed by atoms with E-state index in [1.807, 2.05) is 13.8 Å². The van der Waals surface area contributed by atoms with Crippen LogP contribution in [-0.2, 0) is 11.2 Å². The summed E-state index contributed by atoms with van der Waals surface area (Å²) in [4.78, 5) is 22.5. The van der Waals surface area contributed by atoms with Crippen LogP contribution in [0.3, 0.4) is 0 Å². The summed E-state index contributed by atoms with van der Waals surface area (Å²) in [6.07, 6.45) is 0.408. The molecule has 0 aliphatic carbocycles. The summed E-state index contributed by atoms with van der Waals surface area (Å²) in [7, 11) is 0. The van der Waals surface area contributed by atoms with Gasteiger partial charge in [-0.3, -0.25) is 4.79 Å². The van der Waals surface area contributed by atoms with E-state index >= 15 is 0 Å². The summed E-state index contributed by atoms with van der Waals surface area (Å²) in [6, 6.07) is 1.20. The molecule has 1 N–H and O–H groups in total. The topological polar surface area (TPSA) is 67.5 Å². The van der Waals surface area contributed by atoms with Crippen molar-refractivity contribution in [2.45, 2.75) is 26.7 Å². The van der Waals surface area contributed by atoms with Gasteiger partial charge in [-0.2, -0.15) is 0 Å². The molecule has 0 aliphatic rings. The SMILES string of the molecule is CC(C)CC(=O)Cc1cc(O)c(Cl)c(=O)o1. The third-order valence-corrected chi connectivity index (χ3v) is 2.28. The molecule has 0 aromatic carbocycles. The maximum Gasteiger partial charge on any atom is 0.358 e. The molecule has 0 atom stereocenters. The van der Waals surface area contributed by atoms with Crippen LogP contribution in [0.4, 0.5) is 0 Å². The minimum absolute atomic E-state index is 0.00184. The Hall–Kier alpha value is -1.29. The maximum atomic E-state index is 11.5. The molecule has 4 nitrogen and oxygen atoms in total. The van der Waals surface area contributed by atoms with Crippen LogP contribution in [0.1, 0.15) is 26.0 Å². The number of aromatic hydroxyl groups is 1. The number of carbonyl (C=O) groups excluding carboxylic acids is 1. The van der Waals surface area contributed by atoms with E-state index < -0.39 is 5.63 Å². The van der Waals surface area contributed by atoms with Gasteiger partial charge in [-0.1, -0.05) is 25.4 Å². The van der Waals surface area contributed by atoms with Crippen molar-refractivity contribution in [3.05, 3.63) is 27.3 Å². The molecule has 0 saturated heterocycles. The number of rotatable bonds is 4. The third-order valence-electron chi connectivity index (χ3n) is 1.93. The zero-order valence-corrected chi connectivity index (χ0v) is 9.87. The largest absolute Gasteiger partial charge is 0.506 e. The lowest BCUT2D eigenvalue weighted by molar-refractivity contribution is -0.119. The first-order valence-corrected chi connectivity index (χ1v) is 5.31. The van der Waals surface area contributed by atoms with Gasteiger partial charge < -0.3 is 9.52 Å². The Kier molecular flexibility index (Phi) is 4.12. The first-order chi connectivity index (χ1) is 7.40. The Morgan fingerprint density at radius 1 is 1.56 bits per heavy atom. The van der Waals surface area contributed by atoms with Crippen molar-refractivity contribution in [1.82, 2.24) is 0 Å². The molecule has 1 aromatic heterocycles. The lowest BCUT2D eigenvalue weighted by Gasteiger charge is -2.03. The molecule has 0 spiro atoms. The standard InChI is InChI=1S/C11H13ClO4/c1-6(2)3-7(13)4-8-5-9(14)10(12)11(15)16-8/h5-6,14H,3-4H2,1-2H3. The third kappa shape index (κ3) is 3.38. The molecular formula is C11H13ClO4. The number of hydrogen-bond acceptors (Lipinski definition) is 4. The number of carbonyl (C=O) groups is 1. The van der Waals surface area contributed by atoms with Gasteiger partial charge in [0.25, 0.3) is 0 Å². The minimum Gasteiger partial charge on any atom is -0.506 e. The highest BCUT2D eigenvalue weighted by Crippen LogP contribution is 2.20. The summed E-state index contributed by atoms with van der Waals surface area (Å²) >= 11 is 5.43. The fourth-order valence-electron chi connectivity index (χ4n) is 1.32. The van der Waals surface area contributed by atoms with E-state index in [1.54, 1.807) is 0 Å². The molecule has 0 aliphatic heterocycles. The van der Waals surface area contributed by atoms with E-state index in [1.165, 1.54) is 6.07 Å². The van der Waals surface area contributed by atoms with Crippen LogP contribution < -0.4 is 5.63 Å². The van der Waals surface area contributed by atoms with Crippen LogP contribution in [0.25, 0.3) is 0 Å². The predicted molar refractivity (Wildman–Crippen MR) is 59.8 cm³/mol. The second-order valence-corrected chi connectivity index (χ2v) is 4.39. The Morgan fingerprint density at radius 3 is 2.69 bits per heavy atom. The molecule has 88 valence electrons. The van der Waals surface area contributed by atoms with E-state index in [2.05, 4.69) is 0 Å². The Labute approximate surface area is 97.8 Å². The fraction of sp³-hybridized carbons (Fsp3) is 0.455. The van der Waals surface area contributed by atoms with Crippen LogP contribution in [-0.4, -0.2) is 10.9 Å². The molecular weight excluding hydrogens is 232 g/mol. The normalized spacial score (nSPS) is 10.8. The molecule has 0 saturated carbocycles. The van der Waals surface area contributed by atoms with Crippen molar-refractivity contribution in [3.8, 4) is 5.75 Å². The maximum absolute atomic E-state index is 11.5. The number of hydrogen-bond donors (Lipinski definition) is 1. The summed E-state index contributed by atoms with van der Waals surface area (Å²) in [5.41, 5.74) is -0.825. The lowest BCUT2D eigenvalue weighted by atomic mass is 10.0. The summed E-state index contributed by atoms with van der Waals surface area (Å²) in [5.74, 6) is -0.0113. The minimum atomic E-state index is -0.825. The van der Waals surface area contributed by atoms with Crippen molar-refractivity contribution in [2.24, 2.45) is 5.92 Å². The van der Waals surface area contributed by atoms with Crippen LogP contribution in [0, 0.1) is 5.92 Å². The molecule has 1 aromatic rings. The van der Waals surface area contributed by atoms with E-state index in [9.17, 15) is 14.7 Å². The smallest absolute Gasteiger partial charge is 0.358 e. The van der Waals surface area contributed by atoms with Crippen LogP contribution in [0.5, 0.6) is 5.75 Å². The Bertz CT molecular complexity index is 448. The van der Waals surface area contributed by atoms with Crippen molar-refractivity contribution >= 4 is 17.4 Å². The van der Waals surface area contributed by atoms with E-state index in [4.69, 9.17) is 16.0 Å². The molecule has 0 unspecified atom stereocenters. The second-order valence-electron chi connectivity index (χ2n) is 4.01. The van der Waals surface area contributed by atoms with Crippen molar-refractivity contribution in [3.63, 3.8) is 0 Å². The number of halogens is 1. The molecule has 5 heteroatoms. The van der Waals surface area contributed by atoms with Gasteiger partial charge in [0.15, 0.2) is 5.02 Å². The highest BCUT2D eigenvalue weighted by atomic mass is 35.5. The molecule has 0 bridgehead atoms. The van der Waals surface area contributed by atoms with E-state index in [0.717, 1.165) is 0 Å². The number of Topliss-reactive ketones (excluding diaryl/α,β-unsaturated/α-hetero) is 1. The highest BCUT2D eigenvalue weighted by molar-refractivity contribution is 6.31. The van der Waals surface area contributed by atoms with Gasteiger partial charge in [0.2, 0.25) is 0 Å². The van der Waals surface area contributed by atoms with Gasteiger partial charge in [0.05, 0.1) is 6.42 Å². The van der Waals surface area contributed by atoms with Crippen LogP contribution in [0.15, 0.2) is 15.3 Å². The van der Waals surface area contributed by atoms with Gasteiger partial charge in [-0.05, 0) is 5.92 Å². The van der Waals surface area contributed by atoms with Crippen molar-refractivity contribution in [2.75, 3.05) is 0 Å². The molecule has 0 radical (unpaired) electrons. The fourth-order valence-corrected chi connectivity index (χ4v) is 1.42. The van der Waals surface area contributed by atoms with Crippen molar-refractivity contribution < 1.29 is 14.3 Å². The average molecular weight is 245 g/mol. The highest BCUT2D eigenvalue weighted by Gasteiger charge is 2.12. The van der Waals surface area contributed by atoms with Gasteiger partial charge in [0, 0.05) is 12.5 Å². The zero-order chi connectivity index (χ0) is 12.3. The monoisotopic (exact) mass is 244 g/mol. The van der Waals surface area contributed by atoms with E-state index in [0.29, 0.717) is 6.42 Å². The second kappa shape index (κ2) is 5.16. The summed E-state index contributed by atoms with van der Waals surface area (Å²) in [6.45, 7) is 3.85. The molecule has 1 heterocycles. The first-order valence-electron chi connectivity index (χ1n) is 4.93. The predicted octanol–water partition coefficient (Wildman–Crippen LogP) is 2.16. The zero-order valence-electron chi connectivity index (χ0n) is 9.12. The van der Waals surface area contributed by atoms with Gasteiger partial charge in [-0.25, -0.2) is 4.79 Å². The quantitative estimate of drug-likeness (QED) is 0.881. The molecule has 0 fully saturated rings. The molecule has 16 heavy (non-hydrogen) atoms. The lowest BCUT2D eigenvalue weighted by Crippen LogP contribution is -2.09. The molecule has 0 amide bonds. The van der Waals surface area contributed by atoms with Gasteiger partial charge in [-0.15, -0.1) is 0 Å². The van der Waals surface area contributed by atoms with Gasteiger partial charge in [0.1, 0.15) is 17.3 Å². The Morgan fingerprint density at radius 2 is 2.19 bits per heavy atom. The van der Waals surface area contributed by atoms with Gasteiger partial charge >= 0.3 is 5.63 Å². The summed E-state index contributed by atoms with van der Waals surface area (Å²) in [5, 5.41) is 8.91.